The van der Waals surface area contributed by atoms with Gasteiger partial charge in [0, 0.05) is 31.2 Å². The summed E-state index contributed by atoms with van der Waals surface area (Å²) in [6.07, 6.45) is 0.231. The van der Waals surface area contributed by atoms with Crippen molar-refractivity contribution in [1.82, 2.24) is 5.32 Å². The predicted octanol–water partition coefficient (Wildman–Crippen LogP) is 0.511. The van der Waals surface area contributed by atoms with Gasteiger partial charge in [-0.2, -0.15) is 0 Å². The smallest absolute Gasteiger partial charge is 0.227 e. The average Bonchev–Trinajstić information content (AvgIpc) is 2.89. The van der Waals surface area contributed by atoms with Crippen LogP contribution in [0.2, 0.25) is 0 Å². The van der Waals surface area contributed by atoms with E-state index >= 15 is 0 Å². The fourth-order valence-electron chi connectivity index (χ4n) is 2.31. The van der Waals surface area contributed by atoms with Crippen molar-refractivity contribution in [2.24, 2.45) is 11.7 Å². The molecule has 0 aliphatic carbocycles. The van der Waals surface area contributed by atoms with Crippen LogP contribution in [-0.2, 0) is 9.59 Å². The van der Waals surface area contributed by atoms with Gasteiger partial charge in [-0.25, -0.2) is 0 Å². The number of hydrogen-bond acceptors (Lipinski definition) is 4. The van der Waals surface area contributed by atoms with Gasteiger partial charge in [-0.05, 0) is 31.2 Å². The van der Waals surface area contributed by atoms with Crippen LogP contribution in [0.4, 0.5) is 5.69 Å². The van der Waals surface area contributed by atoms with E-state index in [1.165, 1.54) is 0 Å². The number of rotatable bonds is 5. The highest BCUT2D eigenvalue weighted by atomic mass is 16.5. The Morgan fingerprint density at radius 3 is 2.71 bits per heavy atom. The molecule has 21 heavy (non-hydrogen) atoms. The van der Waals surface area contributed by atoms with E-state index in [0.29, 0.717) is 13.1 Å². The van der Waals surface area contributed by atoms with Crippen LogP contribution in [0, 0.1) is 5.92 Å². The summed E-state index contributed by atoms with van der Waals surface area (Å²) in [4.78, 5) is 25.8. The highest BCUT2D eigenvalue weighted by Gasteiger charge is 2.35. The van der Waals surface area contributed by atoms with Crippen LogP contribution in [0.15, 0.2) is 24.3 Å². The summed E-state index contributed by atoms with van der Waals surface area (Å²) in [6.45, 7) is 2.62. The van der Waals surface area contributed by atoms with Gasteiger partial charge in [-0.3, -0.25) is 9.59 Å². The van der Waals surface area contributed by atoms with Gasteiger partial charge in [-0.15, -0.1) is 0 Å². The van der Waals surface area contributed by atoms with Gasteiger partial charge in [-0.1, -0.05) is 0 Å². The van der Waals surface area contributed by atoms with Gasteiger partial charge in [0.15, 0.2) is 0 Å². The second kappa shape index (κ2) is 6.58. The summed E-state index contributed by atoms with van der Waals surface area (Å²) in [6, 6.07) is 7.15. The molecule has 0 spiro atoms. The zero-order valence-corrected chi connectivity index (χ0v) is 12.3. The molecule has 3 N–H and O–H groups in total. The zero-order chi connectivity index (χ0) is 15.4. The van der Waals surface area contributed by atoms with Gasteiger partial charge in [0.25, 0.3) is 0 Å². The van der Waals surface area contributed by atoms with Crippen molar-refractivity contribution < 1.29 is 14.3 Å². The lowest BCUT2D eigenvalue weighted by Gasteiger charge is -2.18. The van der Waals surface area contributed by atoms with Crippen molar-refractivity contribution in [1.29, 1.82) is 0 Å². The molecule has 2 rings (SSSR count). The normalized spacial score (nSPS) is 19.5. The summed E-state index contributed by atoms with van der Waals surface area (Å²) in [5, 5.41) is 2.82. The van der Waals surface area contributed by atoms with Crippen LogP contribution in [0.5, 0.6) is 5.75 Å². The molecular formula is C15H21N3O3. The minimum absolute atomic E-state index is 0.0410. The molecule has 1 heterocycles. The number of carbonyl (C=O) groups excluding carboxylic acids is 2. The predicted molar refractivity (Wildman–Crippen MR) is 80.1 cm³/mol. The number of ether oxygens (including phenoxy) is 1. The number of carbonyl (C=O) groups is 2. The lowest BCUT2D eigenvalue weighted by molar-refractivity contribution is -0.126. The number of anilines is 1. The van der Waals surface area contributed by atoms with E-state index in [9.17, 15) is 9.59 Å². The van der Waals surface area contributed by atoms with Crippen molar-refractivity contribution in [3.63, 3.8) is 0 Å². The number of amides is 2. The highest BCUT2D eigenvalue weighted by Crippen LogP contribution is 2.26. The average molecular weight is 291 g/mol. The molecule has 1 aromatic carbocycles. The molecule has 114 valence electrons. The Morgan fingerprint density at radius 2 is 2.14 bits per heavy atom. The largest absolute Gasteiger partial charge is 0.497 e. The molecule has 6 nitrogen and oxygen atoms in total. The summed E-state index contributed by atoms with van der Waals surface area (Å²) in [5.74, 6) is 0.253. The molecule has 0 saturated carbocycles. The number of methoxy groups -OCH3 is 1. The molecular weight excluding hydrogens is 270 g/mol. The Labute approximate surface area is 124 Å². The quantitative estimate of drug-likeness (QED) is 0.828. The standard InChI is InChI=1S/C15H21N3O3/c1-10(8-16)17-15(20)11-7-14(19)18(9-11)12-3-5-13(21-2)6-4-12/h3-6,10-11H,7-9,16H2,1-2H3,(H,17,20)/t10-,11?/m0/s1. The van der Waals surface area contributed by atoms with Gasteiger partial charge in [0.05, 0.1) is 13.0 Å². The van der Waals surface area contributed by atoms with Gasteiger partial charge >= 0.3 is 0 Å². The zero-order valence-electron chi connectivity index (χ0n) is 12.3. The van der Waals surface area contributed by atoms with Crippen molar-refractivity contribution in [2.45, 2.75) is 19.4 Å². The summed E-state index contributed by atoms with van der Waals surface area (Å²) < 4.78 is 5.09. The minimum atomic E-state index is -0.325. The third-order valence-corrected chi connectivity index (χ3v) is 3.62. The SMILES string of the molecule is COc1ccc(N2CC(C(=O)N[C@@H](C)CN)CC2=O)cc1. The van der Waals surface area contributed by atoms with E-state index in [-0.39, 0.29) is 30.2 Å². The molecule has 0 radical (unpaired) electrons. The van der Waals surface area contributed by atoms with E-state index in [1.54, 1.807) is 24.1 Å². The maximum Gasteiger partial charge on any atom is 0.227 e. The highest BCUT2D eigenvalue weighted by molar-refractivity contribution is 6.00. The third kappa shape index (κ3) is 3.52. The Hall–Kier alpha value is -2.08. The molecule has 1 aliphatic heterocycles. The summed E-state index contributed by atoms with van der Waals surface area (Å²) in [5.41, 5.74) is 6.27. The second-order valence-corrected chi connectivity index (χ2v) is 5.25. The van der Waals surface area contributed by atoms with E-state index < -0.39 is 0 Å². The van der Waals surface area contributed by atoms with Crippen molar-refractivity contribution >= 4 is 17.5 Å². The maximum atomic E-state index is 12.1. The number of nitrogens with one attached hydrogen (secondary N) is 1. The number of nitrogens with zero attached hydrogens (tertiary/aromatic N) is 1. The fourth-order valence-corrected chi connectivity index (χ4v) is 2.31. The monoisotopic (exact) mass is 291 g/mol. The molecule has 1 saturated heterocycles. The number of benzene rings is 1. The molecule has 1 aliphatic rings. The first-order valence-corrected chi connectivity index (χ1v) is 7.00. The van der Waals surface area contributed by atoms with Crippen molar-refractivity contribution in [2.75, 3.05) is 25.1 Å². The summed E-state index contributed by atoms with van der Waals surface area (Å²) in [7, 11) is 1.59. The lowest BCUT2D eigenvalue weighted by Crippen LogP contribution is -2.41. The van der Waals surface area contributed by atoms with Gasteiger partial charge in [0.2, 0.25) is 11.8 Å². The van der Waals surface area contributed by atoms with Crippen LogP contribution < -0.4 is 20.7 Å². The van der Waals surface area contributed by atoms with Gasteiger partial charge in [0.1, 0.15) is 5.75 Å². The molecule has 6 heteroatoms. The Balaban J connectivity index is 2.03. The topological polar surface area (TPSA) is 84.7 Å². The van der Waals surface area contributed by atoms with Crippen LogP contribution in [-0.4, -0.2) is 38.1 Å². The Bertz CT molecular complexity index is 515. The van der Waals surface area contributed by atoms with E-state index in [2.05, 4.69) is 5.32 Å². The van der Waals surface area contributed by atoms with E-state index in [1.807, 2.05) is 19.1 Å². The maximum absolute atomic E-state index is 12.1. The van der Waals surface area contributed by atoms with Crippen LogP contribution >= 0.6 is 0 Å². The second-order valence-electron chi connectivity index (χ2n) is 5.25. The van der Waals surface area contributed by atoms with E-state index in [0.717, 1.165) is 11.4 Å². The lowest BCUT2D eigenvalue weighted by atomic mass is 10.1. The first kappa shape index (κ1) is 15.3. The molecule has 1 fully saturated rings. The minimum Gasteiger partial charge on any atom is -0.497 e. The Morgan fingerprint density at radius 1 is 1.48 bits per heavy atom. The molecule has 1 aromatic rings. The first-order chi connectivity index (χ1) is 10.0. The van der Waals surface area contributed by atoms with Gasteiger partial charge < -0.3 is 20.7 Å². The van der Waals surface area contributed by atoms with Crippen molar-refractivity contribution in [3.05, 3.63) is 24.3 Å². The Kier molecular flexibility index (Phi) is 4.80. The van der Waals surface area contributed by atoms with E-state index in [4.69, 9.17) is 10.5 Å². The third-order valence-electron chi connectivity index (χ3n) is 3.62. The molecule has 2 atom stereocenters. The van der Waals surface area contributed by atoms with Crippen LogP contribution in [0.25, 0.3) is 0 Å². The van der Waals surface area contributed by atoms with Crippen LogP contribution in [0.1, 0.15) is 13.3 Å². The first-order valence-electron chi connectivity index (χ1n) is 7.00. The fraction of sp³-hybridized carbons (Fsp3) is 0.467. The van der Waals surface area contributed by atoms with Crippen LogP contribution in [0.3, 0.4) is 0 Å². The molecule has 1 unspecified atom stereocenters. The molecule has 2 amide bonds. The summed E-state index contributed by atoms with van der Waals surface area (Å²) >= 11 is 0. The number of hydrogen-bond donors (Lipinski definition) is 2. The number of nitrogens with two attached hydrogens (primary N) is 1. The molecule has 0 bridgehead atoms. The molecule has 0 aromatic heterocycles. The van der Waals surface area contributed by atoms with Crippen molar-refractivity contribution in [3.8, 4) is 5.75 Å².